The molecule has 0 radical (unpaired) electrons. The third-order valence-electron chi connectivity index (χ3n) is 3.39. The first-order valence-electron chi connectivity index (χ1n) is 6.05. The Hall–Kier alpha value is -0.610. The summed E-state index contributed by atoms with van der Waals surface area (Å²) >= 11 is 0. The Kier molecular flexibility index (Phi) is 2.75. The Morgan fingerprint density at radius 2 is 2.00 bits per heavy atom. The van der Waals surface area contributed by atoms with Crippen molar-refractivity contribution in [3.63, 3.8) is 0 Å². The molecule has 1 aliphatic carbocycles. The fraction of sp³-hybridized carbons (Fsp3) is 0.917. The Balaban J connectivity index is 1.72. The lowest BCUT2D eigenvalue weighted by Gasteiger charge is -2.47. The van der Waals surface area contributed by atoms with Crippen LogP contribution in [0.4, 0.5) is 0 Å². The van der Waals surface area contributed by atoms with Gasteiger partial charge in [0, 0.05) is 5.54 Å². The van der Waals surface area contributed by atoms with Crippen LogP contribution >= 0.6 is 0 Å². The molecular formula is C12H22N2O2. The van der Waals surface area contributed by atoms with Gasteiger partial charge < -0.3 is 15.3 Å². The molecule has 92 valence electrons. The first-order chi connectivity index (χ1) is 7.30. The number of rotatable bonds is 3. The number of likely N-dealkylation sites (tertiary alicyclic amines) is 1. The molecule has 4 heteroatoms. The van der Waals surface area contributed by atoms with E-state index < -0.39 is 5.60 Å². The van der Waals surface area contributed by atoms with E-state index in [0.717, 1.165) is 12.8 Å². The van der Waals surface area contributed by atoms with Crippen LogP contribution in [-0.4, -0.2) is 46.7 Å². The van der Waals surface area contributed by atoms with Gasteiger partial charge in [0.15, 0.2) is 0 Å². The topological polar surface area (TPSA) is 52.6 Å². The van der Waals surface area contributed by atoms with Crippen molar-refractivity contribution in [2.45, 2.75) is 44.8 Å². The van der Waals surface area contributed by atoms with Crippen molar-refractivity contribution in [3.8, 4) is 0 Å². The third kappa shape index (κ3) is 2.55. The van der Waals surface area contributed by atoms with Crippen LogP contribution in [0.2, 0.25) is 0 Å². The summed E-state index contributed by atoms with van der Waals surface area (Å²) in [5.74, 6) is 0.548. The molecule has 0 spiro atoms. The highest BCUT2D eigenvalue weighted by atomic mass is 16.3. The highest BCUT2D eigenvalue weighted by Gasteiger charge is 2.53. The van der Waals surface area contributed by atoms with E-state index in [9.17, 15) is 9.90 Å². The smallest absolute Gasteiger partial charge is 0.236 e. The molecule has 2 N–H and O–H groups in total. The van der Waals surface area contributed by atoms with Crippen LogP contribution in [-0.2, 0) is 4.79 Å². The van der Waals surface area contributed by atoms with Gasteiger partial charge in [-0.3, -0.25) is 4.79 Å². The van der Waals surface area contributed by atoms with Gasteiger partial charge in [-0.1, -0.05) is 0 Å². The first kappa shape index (κ1) is 11.9. The van der Waals surface area contributed by atoms with Crippen molar-refractivity contribution in [2.24, 2.45) is 5.92 Å². The van der Waals surface area contributed by atoms with Crippen LogP contribution in [0.25, 0.3) is 0 Å². The molecule has 0 atom stereocenters. The summed E-state index contributed by atoms with van der Waals surface area (Å²) in [6.45, 7) is 7.54. The van der Waals surface area contributed by atoms with Gasteiger partial charge in [0.2, 0.25) is 5.91 Å². The summed E-state index contributed by atoms with van der Waals surface area (Å²) in [4.78, 5) is 13.5. The van der Waals surface area contributed by atoms with Gasteiger partial charge in [-0.05, 0) is 39.5 Å². The van der Waals surface area contributed by atoms with Gasteiger partial charge >= 0.3 is 0 Å². The molecular weight excluding hydrogens is 204 g/mol. The van der Waals surface area contributed by atoms with Crippen molar-refractivity contribution >= 4 is 5.91 Å². The largest absolute Gasteiger partial charge is 0.386 e. The van der Waals surface area contributed by atoms with E-state index in [-0.39, 0.29) is 11.4 Å². The minimum atomic E-state index is -0.558. The van der Waals surface area contributed by atoms with Gasteiger partial charge in [0.05, 0.1) is 19.6 Å². The molecule has 2 rings (SSSR count). The lowest BCUT2D eigenvalue weighted by Crippen LogP contribution is -2.66. The molecule has 0 unspecified atom stereocenters. The minimum absolute atomic E-state index is 0.0344. The van der Waals surface area contributed by atoms with Crippen LogP contribution in [0.5, 0.6) is 0 Å². The van der Waals surface area contributed by atoms with Crippen LogP contribution in [0.15, 0.2) is 0 Å². The number of hydrogen-bond donors (Lipinski definition) is 2. The summed E-state index contributed by atoms with van der Waals surface area (Å²) in [5, 5.41) is 13.3. The number of carbonyl (C=O) groups excluding carboxylic acids is 1. The third-order valence-corrected chi connectivity index (χ3v) is 3.39. The van der Waals surface area contributed by atoms with Gasteiger partial charge in [-0.2, -0.15) is 0 Å². The van der Waals surface area contributed by atoms with Crippen LogP contribution < -0.4 is 5.32 Å². The summed E-state index contributed by atoms with van der Waals surface area (Å²) in [6, 6.07) is 0. The number of amides is 1. The second-order valence-electron chi connectivity index (χ2n) is 6.23. The number of hydrogen-bond acceptors (Lipinski definition) is 3. The van der Waals surface area contributed by atoms with Gasteiger partial charge in [-0.25, -0.2) is 0 Å². The summed E-state index contributed by atoms with van der Waals surface area (Å²) in [5.41, 5.74) is -0.593. The van der Waals surface area contributed by atoms with E-state index in [4.69, 9.17) is 0 Å². The zero-order chi connectivity index (χ0) is 12.0. The predicted octanol–water partition coefficient (Wildman–Crippen LogP) is 0.358. The molecule has 0 bridgehead atoms. The fourth-order valence-corrected chi connectivity index (χ4v) is 2.12. The Labute approximate surface area is 97.0 Å². The molecule has 1 saturated carbocycles. The predicted molar refractivity (Wildman–Crippen MR) is 62.0 cm³/mol. The molecule has 2 aliphatic rings. The molecule has 16 heavy (non-hydrogen) atoms. The average molecular weight is 226 g/mol. The van der Waals surface area contributed by atoms with E-state index in [1.54, 1.807) is 4.90 Å². The fourth-order valence-electron chi connectivity index (χ4n) is 2.12. The summed E-state index contributed by atoms with van der Waals surface area (Å²) in [7, 11) is 0. The van der Waals surface area contributed by atoms with Crippen LogP contribution in [0.3, 0.4) is 0 Å². The maximum Gasteiger partial charge on any atom is 0.236 e. The number of aliphatic hydroxyl groups is 1. The molecule has 0 aromatic heterocycles. The zero-order valence-electron chi connectivity index (χ0n) is 10.4. The van der Waals surface area contributed by atoms with Crippen molar-refractivity contribution in [3.05, 3.63) is 0 Å². The van der Waals surface area contributed by atoms with E-state index in [1.807, 2.05) is 20.8 Å². The quantitative estimate of drug-likeness (QED) is 0.730. The molecule has 1 saturated heterocycles. The molecule has 0 aromatic carbocycles. The van der Waals surface area contributed by atoms with Crippen molar-refractivity contribution in [1.29, 1.82) is 0 Å². The molecule has 1 amide bonds. The molecule has 0 aromatic rings. The molecule has 1 aliphatic heterocycles. The molecule has 4 nitrogen and oxygen atoms in total. The zero-order valence-corrected chi connectivity index (χ0v) is 10.4. The van der Waals surface area contributed by atoms with E-state index in [0.29, 0.717) is 25.6 Å². The Morgan fingerprint density at radius 3 is 2.44 bits per heavy atom. The second kappa shape index (κ2) is 3.70. The normalized spacial score (nSPS) is 24.1. The highest BCUT2D eigenvalue weighted by molar-refractivity contribution is 5.79. The second-order valence-corrected chi connectivity index (χ2v) is 6.23. The number of nitrogens with zero attached hydrogens (tertiary/aromatic N) is 1. The SMILES string of the molecule is CC(C)(C)NCC(=O)N1CC(O)(C2CC2)C1. The van der Waals surface area contributed by atoms with Gasteiger partial charge in [0.25, 0.3) is 0 Å². The van der Waals surface area contributed by atoms with Crippen molar-refractivity contribution in [2.75, 3.05) is 19.6 Å². The standard InChI is InChI=1S/C12H22N2O2/c1-11(2,3)13-6-10(15)14-7-12(16,8-14)9-4-5-9/h9,13,16H,4-8H2,1-3H3. The maximum absolute atomic E-state index is 11.8. The average Bonchev–Trinajstić information content (AvgIpc) is 2.90. The Morgan fingerprint density at radius 1 is 1.44 bits per heavy atom. The lowest BCUT2D eigenvalue weighted by atomic mass is 9.88. The molecule has 1 heterocycles. The van der Waals surface area contributed by atoms with E-state index >= 15 is 0 Å². The number of carbonyl (C=O) groups is 1. The number of β-amino-alcohol motifs (C(OH)–C–C–N with tert-alkyl or cyclic N) is 1. The van der Waals surface area contributed by atoms with Crippen molar-refractivity contribution < 1.29 is 9.90 Å². The maximum atomic E-state index is 11.8. The van der Waals surface area contributed by atoms with Crippen LogP contribution in [0.1, 0.15) is 33.6 Å². The first-order valence-corrected chi connectivity index (χ1v) is 6.05. The van der Waals surface area contributed by atoms with Gasteiger partial charge in [0.1, 0.15) is 5.60 Å². The van der Waals surface area contributed by atoms with Crippen LogP contribution in [0, 0.1) is 5.92 Å². The summed E-state index contributed by atoms with van der Waals surface area (Å²) in [6.07, 6.45) is 2.25. The Bertz CT molecular complexity index is 286. The monoisotopic (exact) mass is 226 g/mol. The van der Waals surface area contributed by atoms with E-state index in [1.165, 1.54) is 0 Å². The molecule has 2 fully saturated rings. The van der Waals surface area contributed by atoms with Gasteiger partial charge in [-0.15, -0.1) is 0 Å². The van der Waals surface area contributed by atoms with E-state index in [2.05, 4.69) is 5.32 Å². The minimum Gasteiger partial charge on any atom is -0.386 e. The van der Waals surface area contributed by atoms with Crippen molar-refractivity contribution in [1.82, 2.24) is 10.2 Å². The summed E-state index contributed by atoms with van der Waals surface area (Å²) < 4.78 is 0. The highest BCUT2D eigenvalue weighted by Crippen LogP contribution is 2.44. The number of nitrogens with one attached hydrogen (secondary N) is 1. The lowest BCUT2D eigenvalue weighted by molar-refractivity contribution is -0.158.